The van der Waals surface area contributed by atoms with E-state index in [-0.39, 0.29) is 11.8 Å². The van der Waals surface area contributed by atoms with Gasteiger partial charge in [-0.3, -0.25) is 9.59 Å². The van der Waals surface area contributed by atoms with E-state index in [0.717, 1.165) is 11.1 Å². The number of benzene rings is 3. The first-order valence-electron chi connectivity index (χ1n) is 13.5. The summed E-state index contributed by atoms with van der Waals surface area (Å²) in [7, 11) is 3.15. The molecule has 3 N–H and O–H groups in total. The molecule has 1 aromatic heterocycles. The van der Waals surface area contributed by atoms with Crippen LogP contribution in [0.4, 0.5) is 17.2 Å². The maximum atomic E-state index is 13.8. The van der Waals surface area contributed by atoms with Crippen molar-refractivity contribution in [2.24, 2.45) is 0 Å². The molecule has 2 heterocycles. The summed E-state index contributed by atoms with van der Waals surface area (Å²) < 4.78 is 18.2. The Morgan fingerprint density at radius 2 is 1.55 bits per heavy atom. The average molecular weight is 568 g/mol. The van der Waals surface area contributed by atoms with Crippen molar-refractivity contribution in [2.75, 3.05) is 36.8 Å². The number of nitrogens with one attached hydrogen (secondary N) is 3. The first-order valence-corrected chi connectivity index (χ1v) is 13.5. The highest BCUT2D eigenvalue weighted by Crippen LogP contribution is 2.40. The Morgan fingerprint density at radius 1 is 0.881 bits per heavy atom. The second kappa shape index (κ2) is 12.1. The molecule has 0 unspecified atom stereocenters. The predicted octanol–water partition coefficient (Wildman–Crippen LogP) is 5.79. The van der Waals surface area contributed by atoms with Crippen molar-refractivity contribution in [3.63, 3.8) is 0 Å². The minimum absolute atomic E-state index is 0.324. The summed E-state index contributed by atoms with van der Waals surface area (Å²) in [6, 6.07) is 19.5. The van der Waals surface area contributed by atoms with Gasteiger partial charge in [-0.05, 0) is 74.9 Å². The Balaban J connectivity index is 1.55. The molecule has 3 aromatic carbocycles. The van der Waals surface area contributed by atoms with Crippen molar-refractivity contribution in [3.8, 4) is 17.2 Å². The van der Waals surface area contributed by atoms with Gasteiger partial charge in [0.25, 0.3) is 11.8 Å². The van der Waals surface area contributed by atoms with Gasteiger partial charge in [-0.15, -0.1) is 0 Å². The van der Waals surface area contributed by atoms with Crippen molar-refractivity contribution < 1.29 is 23.8 Å². The summed E-state index contributed by atoms with van der Waals surface area (Å²) in [4.78, 5) is 27.2. The quantitative estimate of drug-likeness (QED) is 0.235. The number of hydrogen-bond donors (Lipinski definition) is 3. The number of carbonyl (C=O) groups excluding carboxylic acids is 2. The molecule has 0 spiro atoms. The highest BCUT2D eigenvalue weighted by molar-refractivity contribution is 6.09. The molecule has 1 aliphatic heterocycles. The van der Waals surface area contributed by atoms with Gasteiger partial charge in [0.2, 0.25) is 0 Å². The summed E-state index contributed by atoms with van der Waals surface area (Å²) >= 11 is 0. The van der Waals surface area contributed by atoms with Crippen molar-refractivity contribution in [1.29, 1.82) is 0 Å². The van der Waals surface area contributed by atoms with Crippen LogP contribution in [0.15, 0.2) is 84.2 Å². The van der Waals surface area contributed by atoms with Gasteiger partial charge in [-0.25, -0.2) is 4.68 Å². The number of fused-ring (bicyclic) bond motifs is 1. The van der Waals surface area contributed by atoms with Gasteiger partial charge in [0, 0.05) is 17.1 Å². The standard InChI is InChI=1S/C32H33N5O5/c1-6-42-26-16-9-21(17-27(26)41-5)29-28(32(39)36-23-12-14-24(40-4)15-13-23)20(3)34-30-25(18-33-37(29)30)31(38)35-22-10-7-19(2)8-11-22/h7-18,29,34H,6H2,1-5H3,(H,35,38)(H,36,39)/t29-/m0/s1. The molecule has 0 fully saturated rings. The van der Waals surface area contributed by atoms with Gasteiger partial charge in [0.05, 0.1) is 32.6 Å². The van der Waals surface area contributed by atoms with Crippen molar-refractivity contribution in [1.82, 2.24) is 9.78 Å². The van der Waals surface area contributed by atoms with Crippen LogP contribution in [-0.4, -0.2) is 42.4 Å². The normalized spacial score (nSPS) is 14.0. The summed E-state index contributed by atoms with van der Waals surface area (Å²) in [5, 5.41) is 13.8. The van der Waals surface area contributed by atoms with E-state index < -0.39 is 6.04 Å². The van der Waals surface area contributed by atoms with Gasteiger partial charge in [-0.1, -0.05) is 23.8 Å². The summed E-state index contributed by atoms with van der Waals surface area (Å²) in [6.07, 6.45) is 1.50. The molecule has 216 valence electrons. The Labute approximate surface area is 244 Å². The van der Waals surface area contributed by atoms with E-state index in [1.165, 1.54) is 6.20 Å². The second-order valence-corrected chi connectivity index (χ2v) is 9.76. The van der Waals surface area contributed by atoms with Crippen molar-refractivity contribution in [2.45, 2.75) is 26.8 Å². The van der Waals surface area contributed by atoms with Gasteiger partial charge >= 0.3 is 0 Å². The Bertz CT molecular complexity index is 1640. The van der Waals surface area contributed by atoms with Crippen LogP contribution >= 0.6 is 0 Å². The molecule has 10 heteroatoms. The van der Waals surface area contributed by atoms with Gasteiger partial charge in [0.15, 0.2) is 11.5 Å². The zero-order chi connectivity index (χ0) is 29.8. The lowest BCUT2D eigenvalue weighted by Gasteiger charge is -2.30. The molecule has 10 nitrogen and oxygen atoms in total. The fourth-order valence-corrected chi connectivity index (χ4v) is 4.86. The molecule has 0 saturated heterocycles. The van der Waals surface area contributed by atoms with Crippen LogP contribution in [-0.2, 0) is 4.79 Å². The fourth-order valence-electron chi connectivity index (χ4n) is 4.86. The highest BCUT2D eigenvalue weighted by Gasteiger charge is 2.36. The third-order valence-corrected chi connectivity index (χ3v) is 6.97. The number of hydrogen-bond acceptors (Lipinski definition) is 7. The van der Waals surface area contributed by atoms with Crippen LogP contribution in [0.5, 0.6) is 17.2 Å². The molecule has 1 aliphatic rings. The van der Waals surface area contributed by atoms with E-state index in [0.29, 0.717) is 57.9 Å². The van der Waals surface area contributed by atoms with Gasteiger partial charge < -0.3 is 30.2 Å². The number of amides is 2. The number of aromatic nitrogens is 2. The topological polar surface area (TPSA) is 116 Å². The van der Waals surface area contributed by atoms with Crippen LogP contribution in [0.25, 0.3) is 0 Å². The largest absolute Gasteiger partial charge is 0.497 e. The molecule has 0 aliphatic carbocycles. The molecular formula is C32H33N5O5. The van der Waals surface area contributed by atoms with Crippen molar-refractivity contribution in [3.05, 3.63) is 101 Å². The average Bonchev–Trinajstić information content (AvgIpc) is 3.42. The van der Waals surface area contributed by atoms with Crippen molar-refractivity contribution >= 4 is 29.0 Å². The Morgan fingerprint density at radius 3 is 2.19 bits per heavy atom. The molecule has 0 radical (unpaired) electrons. The number of ether oxygens (including phenoxy) is 3. The number of anilines is 3. The Hall–Kier alpha value is -5.25. The second-order valence-electron chi connectivity index (χ2n) is 9.76. The molecule has 42 heavy (non-hydrogen) atoms. The van der Waals surface area contributed by atoms with E-state index in [4.69, 9.17) is 14.2 Å². The Kier molecular flexibility index (Phi) is 8.14. The third-order valence-electron chi connectivity index (χ3n) is 6.97. The fraction of sp³-hybridized carbons (Fsp3) is 0.219. The molecule has 2 amide bonds. The summed E-state index contributed by atoms with van der Waals surface area (Å²) in [5.41, 5.74) is 4.44. The first kappa shape index (κ1) is 28.3. The van der Waals surface area contributed by atoms with E-state index >= 15 is 0 Å². The van der Waals surface area contributed by atoms with Crippen LogP contribution in [0.2, 0.25) is 0 Å². The lowest BCUT2D eigenvalue weighted by Crippen LogP contribution is -2.32. The van der Waals surface area contributed by atoms with Gasteiger partial charge in [-0.2, -0.15) is 5.10 Å². The molecule has 0 saturated carbocycles. The predicted molar refractivity (Wildman–Crippen MR) is 162 cm³/mol. The smallest absolute Gasteiger partial charge is 0.261 e. The maximum absolute atomic E-state index is 13.8. The van der Waals surface area contributed by atoms with E-state index in [1.54, 1.807) is 50.1 Å². The van der Waals surface area contributed by atoms with E-state index in [1.807, 2.05) is 56.3 Å². The SMILES string of the molecule is CCOc1ccc([C@H]2C(C(=O)Nc3ccc(OC)cc3)=C(C)Nc3c(C(=O)Nc4ccc(C)cc4)cnn32)cc1OC. The molecule has 4 aromatic rings. The number of nitrogens with zero attached hydrogens (tertiary/aromatic N) is 2. The monoisotopic (exact) mass is 567 g/mol. The number of aryl methyl sites for hydroxylation is 1. The highest BCUT2D eigenvalue weighted by atomic mass is 16.5. The maximum Gasteiger partial charge on any atom is 0.261 e. The lowest BCUT2D eigenvalue weighted by atomic mass is 9.94. The van der Waals surface area contributed by atoms with Crippen LogP contribution in [0, 0.1) is 6.92 Å². The number of methoxy groups -OCH3 is 2. The number of allylic oxidation sites excluding steroid dienone is 1. The minimum Gasteiger partial charge on any atom is -0.497 e. The van der Waals surface area contributed by atoms with E-state index in [2.05, 4.69) is 21.0 Å². The zero-order valence-electron chi connectivity index (χ0n) is 24.1. The van der Waals surface area contributed by atoms with E-state index in [9.17, 15) is 9.59 Å². The molecule has 0 bridgehead atoms. The third kappa shape index (κ3) is 5.64. The molecular weight excluding hydrogens is 534 g/mol. The number of carbonyl (C=O) groups is 2. The van der Waals surface area contributed by atoms with Crippen LogP contribution in [0.3, 0.4) is 0 Å². The first-order chi connectivity index (χ1) is 20.3. The van der Waals surface area contributed by atoms with Crippen LogP contribution in [0.1, 0.15) is 41.4 Å². The minimum atomic E-state index is -0.676. The summed E-state index contributed by atoms with van der Waals surface area (Å²) in [5.74, 6) is 1.60. The van der Waals surface area contributed by atoms with Gasteiger partial charge in [0.1, 0.15) is 23.2 Å². The summed E-state index contributed by atoms with van der Waals surface area (Å²) in [6.45, 7) is 6.16. The zero-order valence-corrected chi connectivity index (χ0v) is 24.1. The van der Waals surface area contributed by atoms with Crippen LogP contribution < -0.4 is 30.2 Å². The molecule has 1 atom stereocenters. The lowest BCUT2D eigenvalue weighted by molar-refractivity contribution is -0.113. The number of rotatable bonds is 9. The molecule has 5 rings (SSSR count).